The zero-order valence-electron chi connectivity index (χ0n) is 10.6. The molecule has 1 aliphatic rings. The van der Waals surface area contributed by atoms with Crippen LogP contribution in [0, 0.1) is 5.92 Å². The normalized spacial score (nSPS) is 24.8. The largest absolute Gasteiger partial charge is 0.312 e. The van der Waals surface area contributed by atoms with E-state index in [-0.39, 0.29) is 0 Å². The highest BCUT2D eigenvalue weighted by Gasteiger charge is 2.18. The minimum atomic E-state index is 0.664. The minimum Gasteiger partial charge on any atom is -0.312 e. The average molecular weight is 230 g/mol. The van der Waals surface area contributed by atoms with Crippen molar-refractivity contribution in [2.45, 2.75) is 38.8 Å². The second-order valence-electron chi connectivity index (χ2n) is 5.10. The van der Waals surface area contributed by atoms with E-state index in [1.54, 1.807) is 0 Å². The van der Waals surface area contributed by atoms with Crippen molar-refractivity contribution in [3.8, 4) is 0 Å². The Labute approximate surface area is 99.2 Å². The van der Waals surface area contributed by atoms with Crippen LogP contribution in [0.3, 0.4) is 0 Å². The first-order valence-electron chi connectivity index (χ1n) is 6.08. The fourth-order valence-electron chi connectivity index (χ4n) is 2.20. The quantitative estimate of drug-likeness (QED) is 0.778. The average Bonchev–Trinajstić information content (AvgIpc) is 2.18. The standard InChI is InChI=1S/C12H26N2S/c1-10(2)12(14(3)4)8-13-11-6-5-7-15-9-11/h10-13H,5-9H2,1-4H3. The third kappa shape index (κ3) is 4.75. The molecule has 1 fully saturated rings. The molecule has 0 saturated carbocycles. The van der Waals surface area contributed by atoms with E-state index in [0.717, 1.165) is 18.5 Å². The highest BCUT2D eigenvalue weighted by Crippen LogP contribution is 2.17. The van der Waals surface area contributed by atoms with Crippen LogP contribution in [0.1, 0.15) is 26.7 Å². The van der Waals surface area contributed by atoms with Crippen LogP contribution in [0.15, 0.2) is 0 Å². The third-order valence-corrected chi connectivity index (χ3v) is 4.42. The van der Waals surface area contributed by atoms with E-state index in [4.69, 9.17) is 0 Å². The van der Waals surface area contributed by atoms with Crippen molar-refractivity contribution in [1.29, 1.82) is 0 Å². The SMILES string of the molecule is CC(C)C(CNC1CCCSC1)N(C)C. The van der Waals surface area contributed by atoms with E-state index in [2.05, 4.69) is 49.9 Å². The number of thioether (sulfide) groups is 1. The summed E-state index contributed by atoms with van der Waals surface area (Å²) < 4.78 is 0. The van der Waals surface area contributed by atoms with E-state index in [0.29, 0.717) is 6.04 Å². The molecular formula is C12H26N2S. The molecule has 0 aromatic rings. The molecule has 0 aromatic carbocycles. The fraction of sp³-hybridized carbons (Fsp3) is 1.00. The van der Waals surface area contributed by atoms with Gasteiger partial charge in [0.1, 0.15) is 0 Å². The summed E-state index contributed by atoms with van der Waals surface area (Å²) in [6, 6.07) is 1.42. The number of rotatable bonds is 5. The Balaban J connectivity index is 2.26. The van der Waals surface area contributed by atoms with Gasteiger partial charge in [0.05, 0.1) is 0 Å². The maximum Gasteiger partial charge on any atom is 0.0237 e. The molecule has 3 heteroatoms. The molecule has 0 radical (unpaired) electrons. The smallest absolute Gasteiger partial charge is 0.0237 e. The Hall–Kier alpha value is 0.270. The number of nitrogens with zero attached hydrogens (tertiary/aromatic N) is 1. The Morgan fingerprint density at radius 2 is 2.13 bits per heavy atom. The van der Waals surface area contributed by atoms with E-state index in [9.17, 15) is 0 Å². The highest BCUT2D eigenvalue weighted by molar-refractivity contribution is 7.99. The Bertz CT molecular complexity index is 157. The monoisotopic (exact) mass is 230 g/mol. The molecule has 0 bridgehead atoms. The van der Waals surface area contributed by atoms with E-state index >= 15 is 0 Å². The summed E-state index contributed by atoms with van der Waals surface area (Å²) in [5.41, 5.74) is 0. The van der Waals surface area contributed by atoms with Crippen LogP contribution in [0.25, 0.3) is 0 Å². The second-order valence-corrected chi connectivity index (χ2v) is 6.25. The van der Waals surface area contributed by atoms with Crippen LogP contribution in [0.4, 0.5) is 0 Å². The van der Waals surface area contributed by atoms with Gasteiger partial charge in [-0.05, 0) is 38.6 Å². The van der Waals surface area contributed by atoms with Crippen molar-refractivity contribution >= 4 is 11.8 Å². The summed E-state index contributed by atoms with van der Waals surface area (Å²) >= 11 is 2.10. The minimum absolute atomic E-state index is 0.664. The fourth-order valence-corrected chi connectivity index (χ4v) is 3.31. The summed E-state index contributed by atoms with van der Waals surface area (Å²) in [5.74, 6) is 3.39. The molecule has 0 aliphatic carbocycles. The Morgan fingerprint density at radius 3 is 2.60 bits per heavy atom. The van der Waals surface area contributed by atoms with Gasteiger partial charge in [0.2, 0.25) is 0 Å². The highest BCUT2D eigenvalue weighted by atomic mass is 32.2. The lowest BCUT2D eigenvalue weighted by Crippen LogP contribution is -2.46. The van der Waals surface area contributed by atoms with E-state index in [1.165, 1.54) is 24.3 Å². The molecule has 1 aliphatic heterocycles. The van der Waals surface area contributed by atoms with Crippen LogP contribution in [-0.2, 0) is 0 Å². The van der Waals surface area contributed by atoms with E-state index < -0.39 is 0 Å². The Morgan fingerprint density at radius 1 is 1.40 bits per heavy atom. The zero-order valence-corrected chi connectivity index (χ0v) is 11.4. The lowest BCUT2D eigenvalue weighted by molar-refractivity contribution is 0.218. The van der Waals surface area contributed by atoms with Crippen molar-refractivity contribution in [2.24, 2.45) is 5.92 Å². The van der Waals surface area contributed by atoms with Gasteiger partial charge in [0, 0.05) is 24.4 Å². The van der Waals surface area contributed by atoms with Gasteiger partial charge in [-0.15, -0.1) is 0 Å². The third-order valence-electron chi connectivity index (χ3n) is 3.21. The summed E-state index contributed by atoms with van der Waals surface area (Å²) in [7, 11) is 4.37. The summed E-state index contributed by atoms with van der Waals surface area (Å²) in [5, 5.41) is 3.72. The number of nitrogens with one attached hydrogen (secondary N) is 1. The molecule has 0 aromatic heterocycles. The van der Waals surface area contributed by atoms with Gasteiger partial charge in [-0.2, -0.15) is 11.8 Å². The first kappa shape index (κ1) is 13.3. The lowest BCUT2D eigenvalue weighted by atomic mass is 10.0. The van der Waals surface area contributed by atoms with Gasteiger partial charge in [0.15, 0.2) is 0 Å². The van der Waals surface area contributed by atoms with E-state index in [1.807, 2.05) is 0 Å². The topological polar surface area (TPSA) is 15.3 Å². The van der Waals surface area contributed by atoms with Crippen LogP contribution in [0.2, 0.25) is 0 Å². The van der Waals surface area contributed by atoms with Gasteiger partial charge in [0.25, 0.3) is 0 Å². The van der Waals surface area contributed by atoms with Crippen molar-refractivity contribution in [2.75, 3.05) is 32.1 Å². The maximum atomic E-state index is 3.72. The molecule has 2 atom stereocenters. The van der Waals surface area contributed by atoms with Gasteiger partial charge in [-0.1, -0.05) is 13.8 Å². The molecule has 0 spiro atoms. The molecule has 90 valence electrons. The van der Waals surface area contributed by atoms with Crippen molar-refractivity contribution in [3.05, 3.63) is 0 Å². The second kappa shape index (κ2) is 6.77. The van der Waals surface area contributed by atoms with Crippen LogP contribution in [-0.4, -0.2) is 49.1 Å². The van der Waals surface area contributed by atoms with Gasteiger partial charge in [-0.25, -0.2) is 0 Å². The predicted octanol–water partition coefficient (Wildman–Crippen LogP) is 2.06. The summed E-state index contributed by atoms with van der Waals surface area (Å²) in [6.07, 6.45) is 2.75. The molecule has 0 amide bonds. The van der Waals surface area contributed by atoms with Crippen molar-refractivity contribution < 1.29 is 0 Å². The first-order valence-corrected chi connectivity index (χ1v) is 7.24. The van der Waals surface area contributed by atoms with Crippen LogP contribution in [0.5, 0.6) is 0 Å². The number of hydrogen-bond donors (Lipinski definition) is 1. The number of hydrogen-bond acceptors (Lipinski definition) is 3. The Kier molecular flexibility index (Phi) is 6.02. The molecule has 1 rings (SSSR count). The molecule has 1 N–H and O–H groups in total. The molecule has 2 unspecified atom stereocenters. The van der Waals surface area contributed by atoms with Gasteiger partial charge in [-0.3, -0.25) is 0 Å². The number of likely N-dealkylation sites (N-methyl/N-ethyl adjacent to an activating group) is 1. The van der Waals surface area contributed by atoms with Crippen molar-refractivity contribution in [1.82, 2.24) is 10.2 Å². The van der Waals surface area contributed by atoms with Crippen LogP contribution >= 0.6 is 11.8 Å². The van der Waals surface area contributed by atoms with Crippen molar-refractivity contribution in [3.63, 3.8) is 0 Å². The molecule has 15 heavy (non-hydrogen) atoms. The first-order chi connectivity index (χ1) is 7.11. The predicted molar refractivity (Wildman–Crippen MR) is 70.7 cm³/mol. The zero-order chi connectivity index (χ0) is 11.3. The molecule has 2 nitrogen and oxygen atoms in total. The molecule has 1 heterocycles. The van der Waals surface area contributed by atoms with Gasteiger partial charge >= 0.3 is 0 Å². The summed E-state index contributed by atoms with van der Waals surface area (Å²) in [6.45, 7) is 5.75. The maximum absolute atomic E-state index is 3.72. The van der Waals surface area contributed by atoms with Gasteiger partial charge < -0.3 is 10.2 Å². The lowest BCUT2D eigenvalue weighted by Gasteiger charge is -2.31. The summed E-state index contributed by atoms with van der Waals surface area (Å²) in [4.78, 5) is 2.34. The molecular weight excluding hydrogens is 204 g/mol. The molecule has 1 saturated heterocycles. The van der Waals surface area contributed by atoms with Crippen LogP contribution < -0.4 is 5.32 Å².